The first-order valence-corrected chi connectivity index (χ1v) is 9.04. The number of benzene rings is 1. The molecule has 2 aromatic rings. The first-order valence-electron chi connectivity index (χ1n) is 8.16. The SMILES string of the molecule is O=C(NCc1ccccc1)NCC(c1cccs1)N1CCCC1. The molecular weight excluding hydrogens is 306 g/mol. The number of amides is 2. The molecule has 1 fully saturated rings. The minimum absolute atomic E-state index is 0.102. The molecule has 0 radical (unpaired) electrons. The van der Waals surface area contributed by atoms with E-state index >= 15 is 0 Å². The lowest BCUT2D eigenvalue weighted by Gasteiger charge is -2.26. The van der Waals surface area contributed by atoms with Crippen molar-refractivity contribution < 1.29 is 4.79 Å². The van der Waals surface area contributed by atoms with Crippen LogP contribution in [0.4, 0.5) is 4.79 Å². The summed E-state index contributed by atoms with van der Waals surface area (Å²) >= 11 is 1.77. The largest absolute Gasteiger partial charge is 0.336 e. The van der Waals surface area contributed by atoms with E-state index in [2.05, 4.69) is 33.0 Å². The zero-order valence-electron chi connectivity index (χ0n) is 13.2. The molecule has 23 heavy (non-hydrogen) atoms. The van der Waals surface area contributed by atoms with Crippen molar-refractivity contribution in [2.24, 2.45) is 0 Å². The van der Waals surface area contributed by atoms with E-state index in [1.807, 2.05) is 30.3 Å². The number of thiophene rings is 1. The Balaban J connectivity index is 1.51. The van der Waals surface area contributed by atoms with Gasteiger partial charge in [-0.25, -0.2) is 4.79 Å². The Labute approximate surface area is 141 Å². The molecule has 5 heteroatoms. The third kappa shape index (κ3) is 4.56. The van der Waals surface area contributed by atoms with Gasteiger partial charge in [0.25, 0.3) is 0 Å². The Hall–Kier alpha value is -1.85. The van der Waals surface area contributed by atoms with Crippen LogP contribution in [0.15, 0.2) is 47.8 Å². The number of carbonyl (C=O) groups excluding carboxylic acids is 1. The van der Waals surface area contributed by atoms with Crippen LogP contribution in [-0.2, 0) is 6.54 Å². The molecule has 1 saturated heterocycles. The van der Waals surface area contributed by atoms with Gasteiger partial charge in [-0.1, -0.05) is 36.4 Å². The zero-order valence-corrected chi connectivity index (χ0v) is 14.0. The summed E-state index contributed by atoms with van der Waals surface area (Å²) in [4.78, 5) is 15.9. The number of likely N-dealkylation sites (tertiary alicyclic amines) is 1. The van der Waals surface area contributed by atoms with Crippen LogP contribution >= 0.6 is 11.3 Å². The average molecular weight is 329 g/mol. The van der Waals surface area contributed by atoms with E-state index in [1.54, 1.807) is 11.3 Å². The Morgan fingerprint density at radius 2 is 1.87 bits per heavy atom. The number of rotatable bonds is 6. The summed E-state index contributed by atoms with van der Waals surface area (Å²) in [6.07, 6.45) is 2.50. The van der Waals surface area contributed by atoms with Crippen LogP contribution in [0.1, 0.15) is 29.3 Å². The molecule has 122 valence electrons. The molecule has 0 spiro atoms. The van der Waals surface area contributed by atoms with Crippen LogP contribution in [0.25, 0.3) is 0 Å². The van der Waals surface area contributed by atoms with Crippen LogP contribution in [-0.4, -0.2) is 30.6 Å². The van der Waals surface area contributed by atoms with E-state index in [9.17, 15) is 4.79 Å². The third-order valence-corrected chi connectivity index (χ3v) is 5.18. The Morgan fingerprint density at radius 1 is 1.09 bits per heavy atom. The zero-order chi connectivity index (χ0) is 15.9. The van der Waals surface area contributed by atoms with Crippen molar-refractivity contribution in [1.82, 2.24) is 15.5 Å². The molecule has 1 aliphatic heterocycles. The van der Waals surface area contributed by atoms with Crippen molar-refractivity contribution in [2.75, 3.05) is 19.6 Å². The Morgan fingerprint density at radius 3 is 2.57 bits per heavy atom. The van der Waals surface area contributed by atoms with Gasteiger partial charge < -0.3 is 10.6 Å². The van der Waals surface area contributed by atoms with Crippen molar-refractivity contribution in [2.45, 2.75) is 25.4 Å². The maximum Gasteiger partial charge on any atom is 0.315 e. The van der Waals surface area contributed by atoms with E-state index in [0.29, 0.717) is 19.1 Å². The molecule has 1 unspecified atom stereocenters. The minimum atomic E-state index is -0.102. The number of urea groups is 1. The lowest BCUT2D eigenvalue weighted by molar-refractivity contribution is 0.222. The molecule has 2 N–H and O–H groups in total. The summed E-state index contributed by atoms with van der Waals surface area (Å²) in [7, 11) is 0. The summed E-state index contributed by atoms with van der Waals surface area (Å²) in [5.74, 6) is 0. The lowest BCUT2D eigenvalue weighted by Crippen LogP contribution is -2.41. The molecule has 1 aliphatic rings. The smallest absolute Gasteiger partial charge is 0.315 e. The van der Waals surface area contributed by atoms with Crippen LogP contribution in [0, 0.1) is 0 Å². The molecule has 3 rings (SSSR count). The van der Waals surface area contributed by atoms with Gasteiger partial charge in [-0.15, -0.1) is 11.3 Å². The van der Waals surface area contributed by atoms with E-state index in [1.165, 1.54) is 17.7 Å². The van der Waals surface area contributed by atoms with Gasteiger partial charge in [0.2, 0.25) is 0 Å². The fraction of sp³-hybridized carbons (Fsp3) is 0.389. The van der Waals surface area contributed by atoms with Crippen LogP contribution < -0.4 is 10.6 Å². The van der Waals surface area contributed by atoms with Crippen LogP contribution in [0.3, 0.4) is 0 Å². The molecule has 1 aromatic heterocycles. The van der Waals surface area contributed by atoms with Crippen molar-refractivity contribution >= 4 is 17.4 Å². The predicted octanol–water partition coefficient (Wildman–Crippen LogP) is 3.38. The molecule has 0 saturated carbocycles. The van der Waals surface area contributed by atoms with Gasteiger partial charge in [-0.3, -0.25) is 4.90 Å². The lowest BCUT2D eigenvalue weighted by atomic mass is 10.2. The maximum absolute atomic E-state index is 12.1. The summed E-state index contributed by atoms with van der Waals surface area (Å²) in [5, 5.41) is 8.06. The minimum Gasteiger partial charge on any atom is -0.336 e. The first-order chi connectivity index (χ1) is 11.3. The van der Waals surface area contributed by atoms with Gasteiger partial charge in [-0.05, 0) is 42.9 Å². The van der Waals surface area contributed by atoms with Crippen molar-refractivity contribution in [3.05, 3.63) is 58.3 Å². The Bertz CT molecular complexity index is 594. The fourth-order valence-electron chi connectivity index (χ4n) is 2.97. The van der Waals surface area contributed by atoms with Gasteiger partial charge in [0.15, 0.2) is 0 Å². The van der Waals surface area contributed by atoms with Crippen LogP contribution in [0.2, 0.25) is 0 Å². The molecule has 4 nitrogen and oxygen atoms in total. The van der Waals surface area contributed by atoms with E-state index < -0.39 is 0 Å². The first kappa shape index (κ1) is 16.0. The monoisotopic (exact) mass is 329 g/mol. The molecule has 1 atom stereocenters. The molecule has 0 aliphatic carbocycles. The normalized spacial score (nSPS) is 16.2. The van der Waals surface area contributed by atoms with E-state index in [4.69, 9.17) is 0 Å². The average Bonchev–Trinajstić information content (AvgIpc) is 3.28. The molecular formula is C18H23N3OS. The van der Waals surface area contributed by atoms with Gasteiger partial charge in [0, 0.05) is 18.0 Å². The number of hydrogen-bond donors (Lipinski definition) is 2. The fourth-order valence-corrected chi connectivity index (χ4v) is 3.83. The highest BCUT2D eigenvalue weighted by atomic mass is 32.1. The standard InChI is InChI=1S/C18H23N3OS/c22-18(19-13-15-7-2-1-3-8-15)20-14-16(17-9-6-12-23-17)21-10-4-5-11-21/h1-3,6-9,12,16H,4-5,10-11,13-14H2,(H2,19,20,22). The second kappa shape index (κ2) is 8.13. The van der Waals surface area contributed by atoms with Crippen LogP contribution in [0.5, 0.6) is 0 Å². The topological polar surface area (TPSA) is 44.4 Å². The predicted molar refractivity (Wildman–Crippen MR) is 94.5 cm³/mol. The summed E-state index contributed by atoms with van der Waals surface area (Å²) < 4.78 is 0. The third-order valence-electron chi connectivity index (χ3n) is 4.20. The second-order valence-corrected chi connectivity index (χ2v) is 6.80. The molecule has 1 aromatic carbocycles. The van der Waals surface area contributed by atoms with E-state index in [0.717, 1.165) is 18.7 Å². The molecule has 2 heterocycles. The summed E-state index contributed by atoms with van der Waals surface area (Å²) in [6, 6.07) is 14.4. The number of hydrogen-bond acceptors (Lipinski definition) is 3. The van der Waals surface area contributed by atoms with E-state index in [-0.39, 0.29) is 6.03 Å². The van der Waals surface area contributed by atoms with Gasteiger partial charge >= 0.3 is 6.03 Å². The second-order valence-electron chi connectivity index (χ2n) is 5.82. The van der Waals surface area contributed by atoms with Crippen molar-refractivity contribution in [3.8, 4) is 0 Å². The molecule has 0 bridgehead atoms. The Kier molecular flexibility index (Phi) is 5.66. The summed E-state index contributed by atoms with van der Waals surface area (Å²) in [5.41, 5.74) is 1.11. The summed E-state index contributed by atoms with van der Waals surface area (Å²) in [6.45, 7) is 3.45. The van der Waals surface area contributed by atoms with Crippen molar-refractivity contribution in [1.29, 1.82) is 0 Å². The highest BCUT2D eigenvalue weighted by molar-refractivity contribution is 7.10. The highest BCUT2D eigenvalue weighted by Gasteiger charge is 2.24. The molecule has 2 amide bonds. The van der Waals surface area contributed by atoms with Gasteiger partial charge in [0.1, 0.15) is 0 Å². The quantitative estimate of drug-likeness (QED) is 0.853. The highest BCUT2D eigenvalue weighted by Crippen LogP contribution is 2.27. The number of nitrogens with zero attached hydrogens (tertiary/aromatic N) is 1. The van der Waals surface area contributed by atoms with Gasteiger partial charge in [-0.2, -0.15) is 0 Å². The maximum atomic E-state index is 12.1. The van der Waals surface area contributed by atoms with Gasteiger partial charge in [0.05, 0.1) is 6.04 Å². The van der Waals surface area contributed by atoms with Crippen molar-refractivity contribution in [3.63, 3.8) is 0 Å². The number of nitrogens with one attached hydrogen (secondary N) is 2. The number of carbonyl (C=O) groups is 1.